The Morgan fingerprint density at radius 3 is 2.71 bits per heavy atom. The molecular weight excluding hydrogens is 392 g/mol. The van der Waals surface area contributed by atoms with Crippen LogP contribution in [0.15, 0.2) is 46.3 Å². The number of nitrogens with zero attached hydrogens (tertiary/aromatic N) is 4. The summed E-state index contributed by atoms with van der Waals surface area (Å²) in [4.78, 5) is 10.8. The van der Waals surface area contributed by atoms with Crippen molar-refractivity contribution in [2.45, 2.75) is 11.7 Å². The third-order valence-electron chi connectivity index (χ3n) is 3.46. The number of thioether (sulfide) groups is 1. The fraction of sp³-hybridized carbons (Fsp3) is 0.125. The number of fused-ring (bicyclic) bond motifs is 1. The van der Waals surface area contributed by atoms with E-state index in [1.807, 2.05) is 30.3 Å². The van der Waals surface area contributed by atoms with Gasteiger partial charge in [0.05, 0.1) is 23.9 Å². The molecule has 0 fully saturated rings. The number of aliphatic carboxylic acids is 1. The summed E-state index contributed by atoms with van der Waals surface area (Å²) in [6.45, 7) is 0.474. The van der Waals surface area contributed by atoms with Gasteiger partial charge in [0.25, 0.3) is 0 Å². The summed E-state index contributed by atoms with van der Waals surface area (Å²) in [6, 6.07) is 13.6. The van der Waals surface area contributed by atoms with Gasteiger partial charge in [-0.2, -0.15) is 5.26 Å². The number of carboxylic acid groups (broad SMARTS) is 1. The highest BCUT2D eigenvalue weighted by molar-refractivity contribution is 9.10. The summed E-state index contributed by atoms with van der Waals surface area (Å²) >= 11 is 4.47. The van der Waals surface area contributed by atoms with E-state index in [2.05, 4.69) is 32.2 Å². The molecule has 0 radical (unpaired) electrons. The van der Waals surface area contributed by atoms with Gasteiger partial charge in [-0.1, -0.05) is 42.1 Å². The fourth-order valence-electron chi connectivity index (χ4n) is 2.40. The van der Waals surface area contributed by atoms with E-state index in [0.717, 1.165) is 28.1 Å². The Morgan fingerprint density at radius 2 is 2.00 bits per heavy atom. The predicted octanol–water partition coefficient (Wildman–Crippen LogP) is 3.29. The molecule has 2 aromatic carbocycles. The maximum absolute atomic E-state index is 10.8. The zero-order valence-corrected chi connectivity index (χ0v) is 14.7. The molecule has 24 heavy (non-hydrogen) atoms. The molecule has 3 rings (SSSR count). The molecule has 3 aromatic rings. The first-order valence-corrected chi connectivity index (χ1v) is 8.72. The lowest BCUT2D eigenvalue weighted by Gasteiger charge is -2.11. The Hall–Kier alpha value is -2.37. The van der Waals surface area contributed by atoms with Gasteiger partial charge in [-0.15, -0.1) is 10.2 Å². The SMILES string of the molecule is N#Cc1ccc(Cn2c(Br)nnc2SCC(=O)O)c2ccccc12. The molecule has 0 aliphatic heterocycles. The molecule has 120 valence electrons. The standard InChI is InChI=1S/C16H11BrN4O2S/c17-15-19-20-16(24-9-14(22)23)21(15)8-11-6-5-10(7-18)12-3-1-2-4-13(11)12/h1-6H,8-9H2,(H,22,23). The molecule has 8 heteroatoms. The van der Waals surface area contributed by atoms with E-state index in [0.29, 0.717) is 22.0 Å². The molecule has 0 aliphatic rings. The summed E-state index contributed by atoms with van der Waals surface area (Å²) in [6.07, 6.45) is 0. The monoisotopic (exact) mass is 402 g/mol. The van der Waals surface area contributed by atoms with E-state index < -0.39 is 5.97 Å². The fourth-order valence-corrected chi connectivity index (χ4v) is 3.55. The highest BCUT2D eigenvalue weighted by Crippen LogP contribution is 2.26. The van der Waals surface area contributed by atoms with Gasteiger partial charge >= 0.3 is 5.97 Å². The summed E-state index contributed by atoms with van der Waals surface area (Å²) in [5.74, 6) is -0.992. The number of halogens is 1. The summed E-state index contributed by atoms with van der Waals surface area (Å²) < 4.78 is 2.34. The molecule has 0 saturated carbocycles. The Morgan fingerprint density at radius 1 is 1.25 bits per heavy atom. The summed E-state index contributed by atoms with van der Waals surface area (Å²) in [5.41, 5.74) is 1.62. The lowest BCUT2D eigenvalue weighted by Crippen LogP contribution is -2.05. The Labute approximate surface area is 150 Å². The number of aromatic nitrogens is 3. The second-order valence-electron chi connectivity index (χ2n) is 4.95. The average Bonchev–Trinajstić information content (AvgIpc) is 2.93. The smallest absolute Gasteiger partial charge is 0.313 e. The zero-order valence-electron chi connectivity index (χ0n) is 12.3. The van der Waals surface area contributed by atoms with E-state index in [4.69, 9.17) is 5.11 Å². The minimum absolute atomic E-state index is 0.0841. The van der Waals surface area contributed by atoms with Crippen molar-refractivity contribution >= 4 is 44.4 Å². The topological polar surface area (TPSA) is 91.8 Å². The van der Waals surface area contributed by atoms with Crippen molar-refractivity contribution in [2.24, 2.45) is 0 Å². The van der Waals surface area contributed by atoms with Crippen LogP contribution in [0.5, 0.6) is 0 Å². The number of nitriles is 1. The second-order valence-corrected chi connectivity index (χ2v) is 6.60. The Bertz CT molecular complexity index is 964. The molecular formula is C16H11BrN4O2S. The number of carbonyl (C=O) groups is 1. The molecule has 1 aromatic heterocycles. The summed E-state index contributed by atoms with van der Waals surface area (Å²) in [5, 5.41) is 28.5. The van der Waals surface area contributed by atoms with Crippen LogP contribution in [0.3, 0.4) is 0 Å². The molecule has 0 bridgehead atoms. The minimum Gasteiger partial charge on any atom is -0.481 e. The molecule has 0 spiro atoms. The lowest BCUT2D eigenvalue weighted by atomic mass is 10.00. The molecule has 0 amide bonds. The summed E-state index contributed by atoms with van der Waals surface area (Å²) in [7, 11) is 0. The number of carboxylic acids is 1. The van der Waals surface area contributed by atoms with Crippen LogP contribution >= 0.6 is 27.7 Å². The van der Waals surface area contributed by atoms with Crippen molar-refractivity contribution in [3.63, 3.8) is 0 Å². The van der Waals surface area contributed by atoms with Crippen LogP contribution < -0.4 is 0 Å². The number of benzene rings is 2. The first kappa shape index (κ1) is 16.5. The number of rotatable bonds is 5. The van der Waals surface area contributed by atoms with Crippen molar-refractivity contribution in [2.75, 3.05) is 5.75 Å². The van der Waals surface area contributed by atoms with Crippen molar-refractivity contribution in [3.8, 4) is 6.07 Å². The van der Waals surface area contributed by atoms with Crippen molar-refractivity contribution < 1.29 is 9.90 Å². The molecule has 0 aliphatic carbocycles. The van der Waals surface area contributed by atoms with E-state index in [-0.39, 0.29) is 5.75 Å². The van der Waals surface area contributed by atoms with Crippen molar-refractivity contribution in [3.05, 3.63) is 52.3 Å². The molecule has 0 atom stereocenters. The van der Waals surface area contributed by atoms with Gasteiger partial charge in [0, 0.05) is 0 Å². The van der Waals surface area contributed by atoms with E-state index >= 15 is 0 Å². The van der Waals surface area contributed by atoms with Gasteiger partial charge in [-0.05, 0) is 38.3 Å². The molecule has 1 N–H and O–H groups in total. The first-order valence-electron chi connectivity index (χ1n) is 6.94. The van der Waals surface area contributed by atoms with Crippen LogP contribution in [0.4, 0.5) is 0 Å². The maximum atomic E-state index is 10.8. The van der Waals surface area contributed by atoms with E-state index in [1.165, 1.54) is 0 Å². The highest BCUT2D eigenvalue weighted by atomic mass is 79.9. The molecule has 1 heterocycles. The Kier molecular flexibility index (Phi) is 4.83. The quantitative estimate of drug-likeness (QED) is 0.658. The highest BCUT2D eigenvalue weighted by Gasteiger charge is 2.14. The number of hydrogen-bond acceptors (Lipinski definition) is 5. The lowest BCUT2D eigenvalue weighted by molar-refractivity contribution is -0.133. The Balaban J connectivity index is 2.01. The van der Waals surface area contributed by atoms with Crippen LogP contribution in [-0.4, -0.2) is 31.6 Å². The first-order chi connectivity index (χ1) is 11.6. The van der Waals surface area contributed by atoms with Gasteiger partial charge in [0.1, 0.15) is 0 Å². The van der Waals surface area contributed by atoms with Crippen LogP contribution in [0.2, 0.25) is 0 Å². The van der Waals surface area contributed by atoms with Crippen molar-refractivity contribution in [1.29, 1.82) is 5.26 Å². The minimum atomic E-state index is -0.908. The van der Waals surface area contributed by atoms with E-state index in [1.54, 1.807) is 10.6 Å². The number of hydrogen-bond donors (Lipinski definition) is 1. The molecule has 0 unspecified atom stereocenters. The van der Waals surface area contributed by atoms with E-state index in [9.17, 15) is 10.1 Å². The zero-order chi connectivity index (χ0) is 17.1. The normalized spacial score (nSPS) is 10.7. The van der Waals surface area contributed by atoms with Gasteiger partial charge in [-0.25, -0.2) is 0 Å². The van der Waals surface area contributed by atoms with Crippen LogP contribution in [0.25, 0.3) is 10.8 Å². The molecule has 0 saturated heterocycles. The van der Waals surface area contributed by atoms with Crippen LogP contribution in [0, 0.1) is 11.3 Å². The van der Waals surface area contributed by atoms with Gasteiger partial charge < -0.3 is 5.11 Å². The van der Waals surface area contributed by atoms with Gasteiger partial charge in [-0.3, -0.25) is 9.36 Å². The third kappa shape index (κ3) is 3.27. The largest absolute Gasteiger partial charge is 0.481 e. The maximum Gasteiger partial charge on any atom is 0.313 e. The van der Waals surface area contributed by atoms with Crippen LogP contribution in [-0.2, 0) is 11.3 Å². The van der Waals surface area contributed by atoms with Gasteiger partial charge in [0.2, 0.25) is 4.73 Å². The van der Waals surface area contributed by atoms with Gasteiger partial charge in [0.15, 0.2) is 5.16 Å². The van der Waals surface area contributed by atoms with Crippen molar-refractivity contribution in [1.82, 2.24) is 14.8 Å². The second kappa shape index (κ2) is 7.03. The molecule has 6 nitrogen and oxygen atoms in total. The predicted molar refractivity (Wildman–Crippen MR) is 93.8 cm³/mol. The van der Waals surface area contributed by atoms with Crippen LogP contribution in [0.1, 0.15) is 11.1 Å². The average molecular weight is 403 g/mol. The third-order valence-corrected chi connectivity index (χ3v) is 5.00.